The SMILES string of the molecule is CC1(c2cc(Cl)cc3c2OCOC3)CCCN1. The predicted octanol–water partition coefficient (Wildman–Crippen LogP) is 2.81. The Morgan fingerprint density at radius 1 is 1.41 bits per heavy atom. The van der Waals surface area contributed by atoms with Gasteiger partial charge in [0.25, 0.3) is 0 Å². The standard InChI is InChI=1S/C13H16ClNO2/c1-13(3-2-4-15-13)11-6-10(14)5-9-7-16-8-17-12(9)11/h5-6,15H,2-4,7-8H2,1H3. The van der Waals surface area contributed by atoms with Gasteiger partial charge in [0.05, 0.1) is 6.61 Å². The fraction of sp³-hybridized carbons (Fsp3) is 0.538. The molecule has 1 fully saturated rings. The number of hydrogen-bond acceptors (Lipinski definition) is 3. The van der Waals surface area contributed by atoms with Gasteiger partial charge in [-0.05, 0) is 38.4 Å². The van der Waals surface area contributed by atoms with E-state index in [2.05, 4.69) is 12.2 Å². The van der Waals surface area contributed by atoms with Crippen LogP contribution in [0.1, 0.15) is 30.9 Å². The number of benzene rings is 1. The van der Waals surface area contributed by atoms with Crippen molar-refractivity contribution in [1.82, 2.24) is 5.32 Å². The van der Waals surface area contributed by atoms with Crippen LogP contribution in [0, 0.1) is 0 Å². The van der Waals surface area contributed by atoms with Crippen molar-refractivity contribution < 1.29 is 9.47 Å². The van der Waals surface area contributed by atoms with Crippen molar-refractivity contribution in [3.8, 4) is 5.75 Å². The molecule has 2 aliphatic rings. The average molecular weight is 254 g/mol. The molecule has 4 heteroatoms. The number of nitrogens with one attached hydrogen (secondary N) is 1. The molecule has 0 bridgehead atoms. The molecular weight excluding hydrogens is 238 g/mol. The third-order valence-corrected chi connectivity index (χ3v) is 3.86. The largest absolute Gasteiger partial charge is 0.467 e. The third kappa shape index (κ3) is 1.92. The van der Waals surface area contributed by atoms with E-state index >= 15 is 0 Å². The van der Waals surface area contributed by atoms with Gasteiger partial charge in [-0.15, -0.1) is 0 Å². The maximum absolute atomic E-state index is 6.18. The van der Waals surface area contributed by atoms with Crippen molar-refractivity contribution in [2.75, 3.05) is 13.3 Å². The molecule has 1 atom stereocenters. The van der Waals surface area contributed by atoms with E-state index in [1.165, 1.54) is 12.0 Å². The highest BCUT2D eigenvalue weighted by molar-refractivity contribution is 6.30. The summed E-state index contributed by atoms with van der Waals surface area (Å²) in [5.41, 5.74) is 2.20. The summed E-state index contributed by atoms with van der Waals surface area (Å²) >= 11 is 6.18. The van der Waals surface area contributed by atoms with E-state index in [1.807, 2.05) is 12.1 Å². The van der Waals surface area contributed by atoms with Crippen LogP contribution in [0.2, 0.25) is 5.02 Å². The summed E-state index contributed by atoms with van der Waals surface area (Å²) in [6, 6.07) is 3.95. The predicted molar refractivity (Wildman–Crippen MR) is 66.3 cm³/mol. The van der Waals surface area contributed by atoms with E-state index in [1.54, 1.807) is 0 Å². The van der Waals surface area contributed by atoms with E-state index in [0.717, 1.165) is 29.3 Å². The second-order valence-corrected chi connectivity index (χ2v) is 5.35. The minimum absolute atomic E-state index is 0.0215. The van der Waals surface area contributed by atoms with E-state index in [0.29, 0.717) is 13.4 Å². The van der Waals surface area contributed by atoms with Crippen LogP contribution in [0.15, 0.2) is 12.1 Å². The van der Waals surface area contributed by atoms with Gasteiger partial charge in [-0.2, -0.15) is 0 Å². The summed E-state index contributed by atoms with van der Waals surface area (Å²) in [4.78, 5) is 0. The van der Waals surface area contributed by atoms with Crippen LogP contribution < -0.4 is 10.1 Å². The van der Waals surface area contributed by atoms with Gasteiger partial charge in [-0.25, -0.2) is 0 Å². The van der Waals surface area contributed by atoms with Crippen molar-refractivity contribution in [1.29, 1.82) is 0 Å². The first-order valence-electron chi connectivity index (χ1n) is 5.97. The molecule has 0 spiro atoms. The molecule has 17 heavy (non-hydrogen) atoms. The summed E-state index contributed by atoms with van der Waals surface area (Å²) in [7, 11) is 0. The monoisotopic (exact) mass is 253 g/mol. The Labute approximate surface area is 106 Å². The average Bonchev–Trinajstić information content (AvgIpc) is 2.76. The Morgan fingerprint density at radius 2 is 2.29 bits per heavy atom. The Morgan fingerprint density at radius 3 is 3.06 bits per heavy atom. The second-order valence-electron chi connectivity index (χ2n) is 4.91. The first kappa shape index (κ1) is 11.3. The van der Waals surface area contributed by atoms with Crippen LogP contribution in [0.3, 0.4) is 0 Å². The molecule has 0 radical (unpaired) electrons. The number of hydrogen-bond donors (Lipinski definition) is 1. The molecule has 2 heterocycles. The number of fused-ring (bicyclic) bond motifs is 1. The fourth-order valence-corrected chi connectivity index (χ4v) is 2.96. The lowest BCUT2D eigenvalue weighted by molar-refractivity contribution is -0.0178. The van der Waals surface area contributed by atoms with E-state index < -0.39 is 0 Å². The van der Waals surface area contributed by atoms with Crippen LogP contribution in [0.4, 0.5) is 0 Å². The van der Waals surface area contributed by atoms with Crippen LogP contribution in [0.25, 0.3) is 0 Å². The van der Waals surface area contributed by atoms with Gasteiger partial charge >= 0.3 is 0 Å². The molecule has 0 aliphatic carbocycles. The zero-order chi connectivity index (χ0) is 11.9. The van der Waals surface area contributed by atoms with Gasteiger partial charge < -0.3 is 14.8 Å². The van der Waals surface area contributed by atoms with Crippen LogP contribution >= 0.6 is 11.6 Å². The first-order chi connectivity index (χ1) is 8.19. The van der Waals surface area contributed by atoms with E-state index in [4.69, 9.17) is 21.1 Å². The lowest BCUT2D eigenvalue weighted by atomic mass is 9.88. The van der Waals surface area contributed by atoms with Crippen molar-refractivity contribution in [2.24, 2.45) is 0 Å². The van der Waals surface area contributed by atoms with Crippen molar-refractivity contribution in [3.63, 3.8) is 0 Å². The first-order valence-corrected chi connectivity index (χ1v) is 6.35. The van der Waals surface area contributed by atoms with Crippen LogP contribution in [-0.4, -0.2) is 13.3 Å². The highest BCUT2D eigenvalue weighted by Crippen LogP contribution is 2.41. The molecule has 0 amide bonds. The molecule has 3 rings (SSSR count). The van der Waals surface area contributed by atoms with E-state index in [9.17, 15) is 0 Å². The second kappa shape index (κ2) is 4.16. The Kier molecular flexibility index (Phi) is 2.77. The zero-order valence-corrected chi connectivity index (χ0v) is 10.6. The van der Waals surface area contributed by atoms with Crippen LogP contribution in [-0.2, 0) is 16.9 Å². The Bertz CT molecular complexity index is 441. The fourth-order valence-electron chi connectivity index (χ4n) is 2.71. The Hall–Kier alpha value is -0.770. The molecule has 0 aromatic heterocycles. The molecule has 1 aromatic rings. The van der Waals surface area contributed by atoms with Gasteiger partial charge in [-0.1, -0.05) is 11.6 Å². The molecular formula is C13H16ClNO2. The maximum Gasteiger partial charge on any atom is 0.189 e. The molecule has 1 saturated heterocycles. The minimum Gasteiger partial charge on any atom is -0.467 e. The normalized spacial score (nSPS) is 27.6. The molecule has 2 aliphatic heterocycles. The lowest BCUT2D eigenvalue weighted by Crippen LogP contribution is -2.34. The number of rotatable bonds is 1. The quantitative estimate of drug-likeness (QED) is 0.835. The highest BCUT2D eigenvalue weighted by atomic mass is 35.5. The van der Waals surface area contributed by atoms with E-state index in [-0.39, 0.29) is 5.54 Å². The molecule has 1 N–H and O–H groups in total. The van der Waals surface area contributed by atoms with Gasteiger partial charge in [0, 0.05) is 21.7 Å². The zero-order valence-electron chi connectivity index (χ0n) is 9.88. The molecule has 0 saturated carbocycles. The van der Waals surface area contributed by atoms with Gasteiger partial charge in [0.1, 0.15) is 5.75 Å². The topological polar surface area (TPSA) is 30.5 Å². The maximum atomic E-state index is 6.18. The highest BCUT2D eigenvalue weighted by Gasteiger charge is 2.34. The van der Waals surface area contributed by atoms with Gasteiger partial charge in [0.15, 0.2) is 6.79 Å². The van der Waals surface area contributed by atoms with Crippen LogP contribution in [0.5, 0.6) is 5.75 Å². The van der Waals surface area contributed by atoms with Gasteiger partial charge in [-0.3, -0.25) is 0 Å². The van der Waals surface area contributed by atoms with Gasteiger partial charge in [0.2, 0.25) is 0 Å². The molecule has 92 valence electrons. The number of halogens is 1. The van der Waals surface area contributed by atoms with Crippen molar-refractivity contribution in [3.05, 3.63) is 28.3 Å². The third-order valence-electron chi connectivity index (χ3n) is 3.64. The molecule has 1 unspecified atom stereocenters. The lowest BCUT2D eigenvalue weighted by Gasteiger charge is -2.30. The molecule has 1 aromatic carbocycles. The Balaban J connectivity index is 2.11. The summed E-state index contributed by atoms with van der Waals surface area (Å²) < 4.78 is 11.0. The smallest absolute Gasteiger partial charge is 0.189 e. The summed E-state index contributed by atoms with van der Waals surface area (Å²) in [5, 5.41) is 4.30. The summed E-state index contributed by atoms with van der Waals surface area (Å²) in [6.45, 7) is 4.18. The molecule has 3 nitrogen and oxygen atoms in total. The van der Waals surface area contributed by atoms with Crippen molar-refractivity contribution in [2.45, 2.75) is 31.9 Å². The summed E-state index contributed by atoms with van der Waals surface area (Å²) in [6.07, 6.45) is 2.30. The van der Waals surface area contributed by atoms with Crippen molar-refractivity contribution >= 4 is 11.6 Å². The minimum atomic E-state index is -0.0215. The number of ether oxygens (including phenoxy) is 2. The summed E-state index contributed by atoms with van der Waals surface area (Å²) in [5.74, 6) is 0.956.